The zero-order valence-electron chi connectivity index (χ0n) is 35.1. The molecular formula is C57H45N3OP2. The van der Waals surface area contributed by atoms with E-state index in [9.17, 15) is 4.57 Å². The Morgan fingerprint density at radius 2 is 1.24 bits per heavy atom. The molecule has 0 bridgehead atoms. The van der Waals surface area contributed by atoms with Crippen LogP contribution >= 0.6 is 15.1 Å². The number of allylic oxidation sites excluding steroid dienone is 6. The normalized spacial score (nSPS) is 14.0. The lowest BCUT2D eigenvalue weighted by Crippen LogP contribution is -2.24. The minimum atomic E-state index is -3.06. The molecule has 0 N–H and O–H groups in total. The van der Waals surface area contributed by atoms with E-state index in [-0.39, 0.29) is 0 Å². The highest BCUT2D eigenvalue weighted by molar-refractivity contribution is 7.85. The molecule has 0 aliphatic heterocycles. The molecule has 1 aliphatic carbocycles. The third-order valence-electron chi connectivity index (χ3n) is 12.1. The standard InChI is InChI=1S/C57H45N3OP2/c1-3-5-17-46(4-2)62(47-18-9-6-10-19-47)48-35-30-43(31-36-48)45-34-39-53-52(40-45)57-59-54-24-15-16-25-55(54)60(57)56(58-53)44-28-26-41(27-29-44)42-32-37-51(38-33-42)63(61,49-20-11-7-12-21-49)50-22-13-8-14-23-50/h1,4-5,7-8,11-18,20-40H,6,9-10,19H2,2H3/b17-5-,46-4+. The van der Waals surface area contributed by atoms with Gasteiger partial charge in [0.2, 0.25) is 0 Å². The fourth-order valence-electron chi connectivity index (χ4n) is 8.91. The van der Waals surface area contributed by atoms with E-state index in [1.807, 2.05) is 84.9 Å². The lowest BCUT2D eigenvalue weighted by Gasteiger charge is -2.25. The molecule has 7 aromatic carbocycles. The van der Waals surface area contributed by atoms with Crippen LogP contribution in [-0.2, 0) is 4.57 Å². The second-order valence-electron chi connectivity index (χ2n) is 15.9. The zero-order valence-corrected chi connectivity index (χ0v) is 36.9. The molecule has 0 radical (unpaired) electrons. The van der Waals surface area contributed by atoms with Gasteiger partial charge < -0.3 is 4.57 Å². The molecule has 63 heavy (non-hydrogen) atoms. The van der Waals surface area contributed by atoms with Gasteiger partial charge in [-0.2, -0.15) is 0 Å². The molecule has 10 rings (SSSR count). The Bertz CT molecular complexity index is 3260. The summed E-state index contributed by atoms with van der Waals surface area (Å²) in [5, 5.41) is 7.64. The van der Waals surface area contributed by atoms with Crippen LogP contribution in [-0.4, -0.2) is 14.4 Å². The molecule has 2 aromatic heterocycles. The number of hydrogen-bond acceptors (Lipinski definition) is 3. The Balaban J connectivity index is 0.994. The second-order valence-corrected chi connectivity index (χ2v) is 20.9. The summed E-state index contributed by atoms with van der Waals surface area (Å²) in [5.74, 6) is 3.53. The Kier molecular flexibility index (Phi) is 11.2. The summed E-state index contributed by atoms with van der Waals surface area (Å²) in [6.45, 7) is 2.12. The Morgan fingerprint density at radius 1 is 0.651 bits per heavy atom. The SMILES string of the molecule is C#C/C=C\C(=C/C)P(C1=CCCCC1)c1ccc(-c2ccc3nc(-c4ccc(-c5ccc(P(=O)(c6ccccc6)c6ccccc6)cc5)cc4)n4c5ccccc5nc4c3c2)cc1. The van der Waals surface area contributed by atoms with E-state index in [4.69, 9.17) is 16.4 Å². The van der Waals surface area contributed by atoms with Crippen LogP contribution < -0.4 is 21.2 Å². The highest BCUT2D eigenvalue weighted by Crippen LogP contribution is 2.55. The van der Waals surface area contributed by atoms with Crippen molar-refractivity contribution in [2.75, 3.05) is 0 Å². The van der Waals surface area contributed by atoms with Crippen molar-refractivity contribution in [2.24, 2.45) is 0 Å². The molecule has 0 spiro atoms. The van der Waals surface area contributed by atoms with Gasteiger partial charge in [-0.05, 0) is 115 Å². The number of benzene rings is 7. The number of rotatable bonds is 10. The van der Waals surface area contributed by atoms with Crippen LogP contribution in [0.25, 0.3) is 61.2 Å². The molecule has 1 unspecified atom stereocenters. The molecular weight excluding hydrogens is 805 g/mol. The van der Waals surface area contributed by atoms with Crippen LogP contribution in [0.15, 0.2) is 211 Å². The quantitative estimate of drug-likeness (QED) is 0.0782. The third kappa shape index (κ3) is 7.59. The highest BCUT2D eigenvalue weighted by Gasteiger charge is 2.29. The van der Waals surface area contributed by atoms with Crippen molar-refractivity contribution in [1.29, 1.82) is 0 Å². The first kappa shape index (κ1) is 40.2. The van der Waals surface area contributed by atoms with Gasteiger partial charge >= 0.3 is 0 Å². The number of fused-ring (bicyclic) bond motifs is 5. The van der Waals surface area contributed by atoms with Crippen LogP contribution in [0.3, 0.4) is 0 Å². The van der Waals surface area contributed by atoms with Gasteiger partial charge in [-0.15, -0.1) is 6.42 Å². The van der Waals surface area contributed by atoms with Gasteiger partial charge in [-0.3, -0.25) is 4.40 Å². The summed E-state index contributed by atoms with van der Waals surface area (Å²) in [4.78, 5) is 10.5. The predicted octanol–water partition coefficient (Wildman–Crippen LogP) is 13.3. The number of terminal acetylenes is 1. The molecule has 1 atom stereocenters. The van der Waals surface area contributed by atoms with E-state index in [2.05, 4.69) is 133 Å². The van der Waals surface area contributed by atoms with Gasteiger partial charge in [-0.25, -0.2) is 9.97 Å². The van der Waals surface area contributed by atoms with Crippen molar-refractivity contribution < 1.29 is 4.57 Å². The summed E-state index contributed by atoms with van der Waals surface area (Å²) >= 11 is 0. The zero-order chi connectivity index (χ0) is 42.8. The lowest BCUT2D eigenvalue weighted by molar-refractivity contribution is 0.592. The van der Waals surface area contributed by atoms with Crippen LogP contribution in [0.1, 0.15) is 32.6 Å². The van der Waals surface area contributed by atoms with Crippen molar-refractivity contribution in [3.05, 3.63) is 211 Å². The smallest absolute Gasteiger partial charge is 0.171 e. The summed E-state index contributed by atoms with van der Waals surface area (Å²) in [7, 11) is -3.71. The number of hydrogen-bond donors (Lipinski definition) is 0. The summed E-state index contributed by atoms with van der Waals surface area (Å²) in [5.41, 5.74) is 9.08. The second kappa shape index (κ2) is 17.5. The maximum absolute atomic E-state index is 14.9. The molecule has 0 fully saturated rings. The van der Waals surface area contributed by atoms with Crippen molar-refractivity contribution in [1.82, 2.24) is 14.4 Å². The van der Waals surface area contributed by atoms with Gasteiger partial charge in [0.15, 0.2) is 7.14 Å². The van der Waals surface area contributed by atoms with E-state index < -0.39 is 15.1 Å². The molecule has 0 saturated carbocycles. The third-order valence-corrected chi connectivity index (χ3v) is 17.9. The maximum atomic E-state index is 14.9. The number of imidazole rings is 1. The van der Waals surface area contributed by atoms with E-state index in [0.29, 0.717) is 0 Å². The van der Waals surface area contributed by atoms with E-state index in [1.54, 1.807) is 5.31 Å². The Hall–Kier alpha value is -6.88. The summed E-state index contributed by atoms with van der Waals surface area (Å²) in [6.07, 6.45) is 19.0. The van der Waals surface area contributed by atoms with Crippen molar-refractivity contribution in [3.8, 4) is 46.0 Å². The Morgan fingerprint density at radius 3 is 1.89 bits per heavy atom. The van der Waals surface area contributed by atoms with Crippen LogP contribution in [0.5, 0.6) is 0 Å². The van der Waals surface area contributed by atoms with Crippen LogP contribution in [0.4, 0.5) is 0 Å². The number of para-hydroxylation sites is 2. The van der Waals surface area contributed by atoms with E-state index in [1.165, 1.54) is 23.5 Å². The van der Waals surface area contributed by atoms with E-state index >= 15 is 0 Å². The predicted molar refractivity (Wildman–Crippen MR) is 269 cm³/mol. The largest absolute Gasteiger partial charge is 0.309 e. The van der Waals surface area contributed by atoms with Crippen molar-refractivity contribution >= 4 is 63.9 Å². The van der Waals surface area contributed by atoms with Gasteiger partial charge in [0.25, 0.3) is 0 Å². The van der Waals surface area contributed by atoms with Gasteiger partial charge in [0.1, 0.15) is 11.5 Å². The fourth-order valence-corrected chi connectivity index (χ4v) is 14.1. The van der Waals surface area contributed by atoms with Gasteiger partial charge in [0.05, 0.1) is 16.6 Å². The molecule has 0 amide bonds. The van der Waals surface area contributed by atoms with E-state index in [0.717, 1.165) is 90.0 Å². The van der Waals surface area contributed by atoms with Gasteiger partial charge in [-0.1, -0.05) is 170 Å². The molecule has 0 saturated heterocycles. The molecule has 6 heteroatoms. The van der Waals surface area contributed by atoms with Gasteiger partial charge in [0, 0.05) is 26.9 Å². The Labute approximate surface area is 370 Å². The van der Waals surface area contributed by atoms with Crippen molar-refractivity contribution in [3.63, 3.8) is 0 Å². The topological polar surface area (TPSA) is 47.3 Å². The lowest BCUT2D eigenvalue weighted by atomic mass is 10.0. The fraction of sp³-hybridized carbons (Fsp3) is 0.0877. The minimum absolute atomic E-state index is 0.651. The number of nitrogens with zero attached hydrogens (tertiary/aromatic N) is 3. The first-order valence-corrected chi connectivity index (χ1v) is 24.6. The van der Waals surface area contributed by atoms with Crippen LogP contribution in [0.2, 0.25) is 0 Å². The number of aromatic nitrogens is 3. The maximum Gasteiger partial charge on any atom is 0.171 e. The molecule has 304 valence electrons. The van der Waals surface area contributed by atoms with Crippen molar-refractivity contribution in [2.45, 2.75) is 32.6 Å². The average molecular weight is 850 g/mol. The summed E-state index contributed by atoms with van der Waals surface area (Å²) < 4.78 is 17.1. The molecule has 4 nitrogen and oxygen atoms in total. The minimum Gasteiger partial charge on any atom is -0.309 e. The molecule has 9 aromatic rings. The first-order chi connectivity index (χ1) is 31.0. The first-order valence-electron chi connectivity index (χ1n) is 21.6. The monoisotopic (exact) mass is 849 g/mol. The van der Waals surface area contributed by atoms with Crippen LogP contribution in [0, 0.1) is 12.3 Å². The average Bonchev–Trinajstić information content (AvgIpc) is 3.76. The highest BCUT2D eigenvalue weighted by atomic mass is 31.2. The molecule has 1 aliphatic rings. The molecule has 2 heterocycles. The summed E-state index contributed by atoms with van der Waals surface area (Å²) in [6, 6.07) is 60.3.